The smallest absolute Gasteiger partial charge is 0.325 e. The molecule has 6 nitrogen and oxygen atoms in total. The number of thioether (sulfide) groups is 1. The number of hydrogen-bond donors (Lipinski definition) is 2. The molecular formula is C18H12ClF3N4O2S2. The van der Waals surface area contributed by atoms with E-state index in [9.17, 15) is 22.8 Å². The highest BCUT2D eigenvalue weighted by Crippen LogP contribution is 2.32. The van der Waals surface area contributed by atoms with Crippen molar-refractivity contribution in [2.45, 2.75) is 10.5 Å². The SMILES string of the molecule is O=C(CSc1nnc(NC(=O)c2ccccc2C(F)(F)F)s1)Nc1cccc(Cl)c1. The molecule has 2 N–H and O–H groups in total. The number of amides is 2. The van der Waals surface area contributed by atoms with Gasteiger partial charge in [0.15, 0.2) is 4.34 Å². The van der Waals surface area contributed by atoms with Crippen LogP contribution in [0.3, 0.4) is 0 Å². The normalized spacial score (nSPS) is 11.2. The van der Waals surface area contributed by atoms with Crippen LogP contribution in [0.2, 0.25) is 5.02 Å². The molecule has 30 heavy (non-hydrogen) atoms. The summed E-state index contributed by atoms with van der Waals surface area (Å²) < 4.78 is 39.5. The lowest BCUT2D eigenvalue weighted by atomic mass is 10.1. The predicted molar refractivity (Wildman–Crippen MR) is 110 cm³/mol. The van der Waals surface area contributed by atoms with Gasteiger partial charge in [0, 0.05) is 10.7 Å². The Morgan fingerprint density at radius 3 is 2.57 bits per heavy atom. The molecule has 3 aromatic rings. The van der Waals surface area contributed by atoms with Crippen molar-refractivity contribution in [2.75, 3.05) is 16.4 Å². The minimum Gasteiger partial charge on any atom is -0.325 e. The molecule has 0 spiro atoms. The molecule has 1 aromatic heterocycles. The van der Waals surface area contributed by atoms with E-state index in [2.05, 4.69) is 20.8 Å². The first-order valence-electron chi connectivity index (χ1n) is 8.21. The minimum absolute atomic E-state index is 0.0198. The monoisotopic (exact) mass is 472 g/mol. The summed E-state index contributed by atoms with van der Waals surface area (Å²) in [5.74, 6) is -1.23. The molecule has 0 fully saturated rings. The van der Waals surface area contributed by atoms with Crippen molar-refractivity contribution in [1.29, 1.82) is 0 Å². The number of anilines is 2. The van der Waals surface area contributed by atoms with Crippen LogP contribution in [0, 0.1) is 0 Å². The summed E-state index contributed by atoms with van der Waals surface area (Å²) in [4.78, 5) is 24.2. The Hall–Kier alpha value is -2.63. The zero-order valence-electron chi connectivity index (χ0n) is 14.9. The van der Waals surface area contributed by atoms with E-state index in [1.807, 2.05) is 0 Å². The number of alkyl halides is 3. The fraction of sp³-hybridized carbons (Fsp3) is 0.111. The third-order valence-corrected chi connectivity index (χ3v) is 5.75. The third-order valence-electron chi connectivity index (χ3n) is 3.54. The summed E-state index contributed by atoms with van der Waals surface area (Å²) in [5.41, 5.74) is -1.02. The van der Waals surface area contributed by atoms with Gasteiger partial charge in [-0.2, -0.15) is 13.2 Å². The number of halogens is 4. The molecule has 2 amide bonds. The summed E-state index contributed by atoms with van der Waals surface area (Å²) in [6.45, 7) is 0. The fourth-order valence-corrected chi connectivity index (χ4v) is 4.04. The van der Waals surface area contributed by atoms with Gasteiger partial charge in [0.25, 0.3) is 5.91 Å². The van der Waals surface area contributed by atoms with Crippen LogP contribution in [0.5, 0.6) is 0 Å². The van der Waals surface area contributed by atoms with Gasteiger partial charge in [-0.15, -0.1) is 10.2 Å². The Morgan fingerprint density at radius 2 is 1.83 bits per heavy atom. The number of hydrogen-bond acceptors (Lipinski definition) is 6. The number of aromatic nitrogens is 2. The first kappa shape index (κ1) is 22.1. The average molecular weight is 473 g/mol. The third kappa shape index (κ3) is 5.94. The maximum absolute atomic E-state index is 13.1. The molecule has 0 radical (unpaired) electrons. The van der Waals surface area contributed by atoms with Crippen molar-refractivity contribution in [3.05, 3.63) is 64.7 Å². The molecule has 2 aromatic carbocycles. The van der Waals surface area contributed by atoms with Crippen LogP contribution in [0.25, 0.3) is 0 Å². The Bertz CT molecular complexity index is 1080. The second kappa shape index (κ2) is 9.45. The number of carbonyl (C=O) groups is 2. The highest BCUT2D eigenvalue weighted by molar-refractivity contribution is 8.01. The molecule has 0 unspecified atom stereocenters. The van der Waals surface area contributed by atoms with E-state index in [0.29, 0.717) is 15.0 Å². The molecule has 0 atom stereocenters. The van der Waals surface area contributed by atoms with Crippen molar-refractivity contribution in [1.82, 2.24) is 10.2 Å². The lowest BCUT2D eigenvalue weighted by molar-refractivity contribution is -0.137. The van der Waals surface area contributed by atoms with Crippen LogP contribution in [-0.4, -0.2) is 27.8 Å². The quantitative estimate of drug-likeness (QED) is 0.381. The van der Waals surface area contributed by atoms with Crippen LogP contribution < -0.4 is 10.6 Å². The van der Waals surface area contributed by atoms with Crippen LogP contribution in [0.15, 0.2) is 52.9 Å². The van der Waals surface area contributed by atoms with E-state index in [0.717, 1.165) is 35.2 Å². The molecule has 156 valence electrons. The number of benzene rings is 2. The van der Waals surface area contributed by atoms with E-state index in [4.69, 9.17) is 11.6 Å². The summed E-state index contributed by atoms with van der Waals surface area (Å²) in [7, 11) is 0. The number of carbonyl (C=O) groups excluding carboxylic acids is 2. The maximum Gasteiger partial charge on any atom is 0.417 e. The molecule has 0 saturated carbocycles. The first-order valence-corrected chi connectivity index (χ1v) is 10.4. The highest BCUT2D eigenvalue weighted by Gasteiger charge is 2.35. The van der Waals surface area contributed by atoms with Crippen LogP contribution in [0.1, 0.15) is 15.9 Å². The van der Waals surface area contributed by atoms with Gasteiger partial charge >= 0.3 is 6.18 Å². The zero-order chi connectivity index (χ0) is 21.7. The van der Waals surface area contributed by atoms with Crippen molar-refractivity contribution >= 4 is 57.3 Å². The van der Waals surface area contributed by atoms with Crippen molar-refractivity contribution < 1.29 is 22.8 Å². The zero-order valence-corrected chi connectivity index (χ0v) is 17.3. The minimum atomic E-state index is -4.66. The molecule has 0 aliphatic rings. The largest absolute Gasteiger partial charge is 0.417 e. The highest BCUT2D eigenvalue weighted by atomic mass is 35.5. The van der Waals surface area contributed by atoms with E-state index in [-0.39, 0.29) is 16.8 Å². The first-order chi connectivity index (χ1) is 14.2. The van der Waals surface area contributed by atoms with E-state index in [1.54, 1.807) is 24.3 Å². The van der Waals surface area contributed by atoms with Gasteiger partial charge in [0.05, 0.1) is 16.9 Å². The van der Waals surface area contributed by atoms with Gasteiger partial charge in [-0.25, -0.2) is 0 Å². The van der Waals surface area contributed by atoms with Crippen LogP contribution in [-0.2, 0) is 11.0 Å². The van der Waals surface area contributed by atoms with Crippen molar-refractivity contribution in [3.8, 4) is 0 Å². The molecule has 3 rings (SSSR count). The van der Waals surface area contributed by atoms with E-state index < -0.39 is 23.2 Å². The molecular weight excluding hydrogens is 461 g/mol. The maximum atomic E-state index is 13.1. The lowest BCUT2D eigenvalue weighted by Gasteiger charge is -2.11. The summed E-state index contributed by atoms with van der Waals surface area (Å²) >= 11 is 7.87. The Balaban J connectivity index is 1.58. The second-order valence-electron chi connectivity index (χ2n) is 5.72. The molecule has 0 bridgehead atoms. The Kier molecular flexibility index (Phi) is 6.95. The van der Waals surface area contributed by atoms with Gasteiger partial charge in [-0.05, 0) is 30.3 Å². The number of nitrogens with zero attached hydrogens (tertiary/aromatic N) is 2. The molecule has 1 heterocycles. The second-order valence-corrected chi connectivity index (χ2v) is 8.35. The fourth-order valence-electron chi connectivity index (χ4n) is 2.30. The van der Waals surface area contributed by atoms with Gasteiger partial charge in [0.2, 0.25) is 11.0 Å². The average Bonchev–Trinajstić information content (AvgIpc) is 3.13. The molecule has 12 heteroatoms. The summed E-state index contributed by atoms with van der Waals surface area (Å²) in [5, 5.41) is 13.0. The Labute approximate surface area is 181 Å². The van der Waals surface area contributed by atoms with E-state index >= 15 is 0 Å². The lowest BCUT2D eigenvalue weighted by Crippen LogP contribution is -2.18. The molecule has 0 aliphatic heterocycles. The predicted octanol–water partition coefficient (Wildman–Crippen LogP) is 5.19. The molecule has 0 saturated heterocycles. The van der Waals surface area contributed by atoms with E-state index in [1.165, 1.54) is 12.1 Å². The Morgan fingerprint density at radius 1 is 1.07 bits per heavy atom. The van der Waals surface area contributed by atoms with Gasteiger partial charge in [-0.1, -0.05) is 52.9 Å². The van der Waals surface area contributed by atoms with Crippen molar-refractivity contribution in [3.63, 3.8) is 0 Å². The number of rotatable bonds is 6. The molecule has 0 aliphatic carbocycles. The van der Waals surface area contributed by atoms with Crippen LogP contribution >= 0.6 is 34.7 Å². The van der Waals surface area contributed by atoms with Crippen molar-refractivity contribution in [2.24, 2.45) is 0 Å². The standard InChI is InChI=1S/C18H12ClF3N4O2S2/c19-10-4-3-5-11(8-10)23-14(27)9-29-17-26-25-16(30-17)24-15(28)12-6-1-2-7-13(12)18(20,21)22/h1-8H,9H2,(H,23,27)(H,24,25,28). The summed E-state index contributed by atoms with van der Waals surface area (Å²) in [6.07, 6.45) is -4.66. The van der Waals surface area contributed by atoms with Gasteiger partial charge in [-0.3, -0.25) is 14.9 Å². The number of nitrogens with one attached hydrogen (secondary N) is 2. The van der Waals surface area contributed by atoms with Gasteiger partial charge in [0.1, 0.15) is 0 Å². The topological polar surface area (TPSA) is 84.0 Å². The summed E-state index contributed by atoms with van der Waals surface area (Å²) in [6, 6.07) is 11.1. The van der Waals surface area contributed by atoms with Gasteiger partial charge < -0.3 is 5.32 Å². The van der Waals surface area contributed by atoms with Crippen LogP contribution in [0.4, 0.5) is 24.0 Å².